The van der Waals surface area contributed by atoms with Crippen LogP contribution in [0.2, 0.25) is 0 Å². The van der Waals surface area contributed by atoms with Crippen LogP contribution in [-0.2, 0) is 0 Å². The van der Waals surface area contributed by atoms with E-state index < -0.39 is 0 Å². The molecule has 1 saturated carbocycles. The molecule has 4 rings (SSSR count). The predicted octanol–water partition coefficient (Wildman–Crippen LogP) is 3.61. The third-order valence-electron chi connectivity index (χ3n) is 5.75. The minimum absolute atomic E-state index is 0.0212. The molecule has 1 aromatic heterocycles. The lowest BCUT2D eigenvalue weighted by Crippen LogP contribution is -2.46. The molecule has 0 radical (unpaired) electrons. The molecule has 2 heterocycles. The first kappa shape index (κ1) is 18.7. The van der Waals surface area contributed by atoms with E-state index in [9.17, 15) is 9.18 Å². The third-order valence-corrected chi connectivity index (χ3v) is 5.75. The van der Waals surface area contributed by atoms with Gasteiger partial charge in [0, 0.05) is 44.1 Å². The minimum Gasteiger partial charge on any atom is -0.368 e. The zero-order valence-corrected chi connectivity index (χ0v) is 16.1. The van der Waals surface area contributed by atoms with Crippen molar-refractivity contribution in [3.8, 4) is 0 Å². The molecule has 1 aromatic carbocycles. The largest absolute Gasteiger partial charge is 0.368 e. The summed E-state index contributed by atoms with van der Waals surface area (Å²) < 4.78 is 13.1. The second-order valence-corrected chi connectivity index (χ2v) is 7.66. The molecule has 1 saturated heterocycles. The molecule has 2 aliphatic rings. The Morgan fingerprint density at radius 2 is 1.61 bits per heavy atom. The highest BCUT2D eigenvalue weighted by Crippen LogP contribution is 2.21. The fourth-order valence-electron chi connectivity index (χ4n) is 4.07. The molecule has 2 fully saturated rings. The van der Waals surface area contributed by atoms with Gasteiger partial charge in [-0.25, -0.2) is 9.37 Å². The van der Waals surface area contributed by atoms with Gasteiger partial charge in [0.15, 0.2) is 0 Å². The Balaban J connectivity index is 1.31. The fourth-order valence-corrected chi connectivity index (χ4v) is 4.07. The molecule has 0 unspecified atom stereocenters. The average Bonchev–Trinajstić information content (AvgIpc) is 2.75. The van der Waals surface area contributed by atoms with Crippen molar-refractivity contribution in [2.24, 2.45) is 0 Å². The van der Waals surface area contributed by atoms with Crippen molar-refractivity contribution in [1.82, 2.24) is 10.3 Å². The first-order valence-electron chi connectivity index (χ1n) is 10.2. The Morgan fingerprint density at radius 1 is 0.929 bits per heavy atom. The molecule has 0 atom stereocenters. The number of carbonyl (C=O) groups excluding carboxylic acids is 1. The van der Waals surface area contributed by atoms with Gasteiger partial charge in [0.25, 0.3) is 5.91 Å². The van der Waals surface area contributed by atoms with E-state index in [2.05, 4.69) is 20.1 Å². The van der Waals surface area contributed by atoms with Crippen molar-refractivity contribution >= 4 is 17.4 Å². The first-order valence-corrected chi connectivity index (χ1v) is 10.2. The number of piperazine rings is 1. The second-order valence-electron chi connectivity index (χ2n) is 7.66. The molecular formula is C22H27FN4O. The standard InChI is InChI=1S/C22H27FN4O/c23-18-7-9-20(10-8-18)26-12-14-27(15-13-26)21-11-6-17(16-24-21)22(28)25-19-4-2-1-3-5-19/h6-11,16,19H,1-5,12-15H2,(H,25,28). The van der Waals surface area contributed by atoms with E-state index >= 15 is 0 Å². The van der Waals surface area contributed by atoms with E-state index in [4.69, 9.17) is 0 Å². The maximum absolute atomic E-state index is 13.1. The second kappa shape index (κ2) is 8.59. The number of nitrogens with one attached hydrogen (secondary N) is 1. The van der Waals surface area contributed by atoms with Gasteiger partial charge in [-0.1, -0.05) is 19.3 Å². The monoisotopic (exact) mass is 382 g/mol. The number of nitrogens with zero attached hydrogens (tertiary/aromatic N) is 3. The number of halogens is 1. The molecular weight excluding hydrogens is 355 g/mol. The number of carbonyl (C=O) groups is 1. The quantitative estimate of drug-likeness (QED) is 0.878. The number of rotatable bonds is 4. The summed E-state index contributed by atoms with van der Waals surface area (Å²) in [4.78, 5) is 21.4. The van der Waals surface area contributed by atoms with Gasteiger partial charge in [-0.3, -0.25) is 4.79 Å². The molecule has 1 aliphatic heterocycles. The topological polar surface area (TPSA) is 48.5 Å². The maximum Gasteiger partial charge on any atom is 0.253 e. The number of hydrogen-bond acceptors (Lipinski definition) is 4. The maximum atomic E-state index is 13.1. The highest BCUT2D eigenvalue weighted by molar-refractivity contribution is 5.94. The Labute approximate surface area is 165 Å². The number of benzene rings is 1. The summed E-state index contributed by atoms with van der Waals surface area (Å²) in [6, 6.07) is 10.8. The van der Waals surface area contributed by atoms with Crippen molar-refractivity contribution in [3.05, 3.63) is 54.0 Å². The van der Waals surface area contributed by atoms with Crippen LogP contribution in [0.15, 0.2) is 42.6 Å². The highest BCUT2D eigenvalue weighted by atomic mass is 19.1. The van der Waals surface area contributed by atoms with Crippen LogP contribution in [0.25, 0.3) is 0 Å². The lowest BCUT2D eigenvalue weighted by Gasteiger charge is -2.36. The summed E-state index contributed by atoms with van der Waals surface area (Å²) in [5.41, 5.74) is 1.67. The van der Waals surface area contributed by atoms with Crippen LogP contribution in [0.5, 0.6) is 0 Å². The van der Waals surface area contributed by atoms with E-state index in [1.165, 1.54) is 31.4 Å². The van der Waals surface area contributed by atoms with E-state index in [0.29, 0.717) is 11.6 Å². The molecule has 6 heteroatoms. The molecule has 0 bridgehead atoms. The molecule has 28 heavy (non-hydrogen) atoms. The number of pyridine rings is 1. The number of hydrogen-bond donors (Lipinski definition) is 1. The molecule has 2 aromatic rings. The van der Waals surface area contributed by atoms with Crippen LogP contribution in [0.1, 0.15) is 42.5 Å². The number of amides is 1. The van der Waals surface area contributed by atoms with Gasteiger partial charge < -0.3 is 15.1 Å². The molecule has 0 spiro atoms. The van der Waals surface area contributed by atoms with E-state index in [-0.39, 0.29) is 11.7 Å². The fraction of sp³-hybridized carbons (Fsp3) is 0.455. The van der Waals surface area contributed by atoms with Gasteiger partial charge in [-0.15, -0.1) is 0 Å². The van der Waals surface area contributed by atoms with Crippen molar-refractivity contribution in [3.63, 3.8) is 0 Å². The number of aromatic nitrogens is 1. The van der Waals surface area contributed by atoms with Gasteiger partial charge >= 0.3 is 0 Å². The normalized spacial score (nSPS) is 18.2. The van der Waals surface area contributed by atoms with Gasteiger partial charge in [0.2, 0.25) is 0 Å². The molecule has 1 aliphatic carbocycles. The van der Waals surface area contributed by atoms with E-state index in [1.54, 1.807) is 6.20 Å². The Kier molecular flexibility index (Phi) is 5.74. The SMILES string of the molecule is O=C(NC1CCCCC1)c1ccc(N2CCN(c3ccc(F)cc3)CC2)nc1. The van der Waals surface area contributed by atoms with E-state index in [1.807, 2.05) is 24.3 Å². The van der Waals surface area contributed by atoms with Crippen LogP contribution in [0.4, 0.5) is 15.9 Å². The predicted molar refractivity (Wildman–Crippen MR) is 109 cm³/mol. The van der Waals surface area contributed by atoms with Crippen LogP contribution < -0.4 is 15.1 Å². The zero-order valence-electron chi connectivity index (χ0n) is 16.1. The summed E-state index contributed by atoms with van der Waals surface area (Å²) in [5, 5.41) is 3.14. The summed E-state index contributed by atoms with van der Waals surface area (Å²) in [7, 11) is 0. The van der Waals surface area contributed by atoms with Crippen molar-refractivity contribution in [2.75, 3.05) is 36.0 Å². The lowest BCUT2D eigenvalue weighted by atomic mass is 9.95. The van der Waals surface area contributed by atoms with Crippen molar-refractivity contribution < 1.29 is 9.18 Å². The van der Waals surface area contributed by atoms with Gasteiger partial charge in [0.1, 0.15) is 11.6 Å². The molecule has 148 valence electrons. The summed E-state index contributed by atoms with van der Waals surface area (Å²) in [6.45, 7) is 3.41. The lowest BCUT2D eigenvalue weighted by molar-refractivity contribution is 0.0927. The first-order chi connectivity index (χ1) is 13.7. The molecule has 5 nitrogen and oxygen atoms in total. The van der Waals surface area contributed by atoms with Crippen molar-refractivity contribution in [2.45, 2.75) is 38.1 Å². The molecule has 1 amide bonds. The average molecular weight is 382 g/mol. The molecule has 1 N–H and O–H groups in total. The van der Waals surface area contributed by atoms with Crippen molar-refractivity contribution in [1.29, 1.82) is 0 Å². The Hall–Kier alpha value is -2.63. The number of anilines is 2. The van der Waals surface area contributed by atoms with Crippen LogP contribution in [0, 0.1) is 5.82 Å². The Morgan fingerprint density at radius 3 is 2.25 bits per heavy atom. The summed E-state index contributed by atoms with van der Waals surface area (Å²) in [5.74, 6) is 0.666. The third kappa shape index (κ3) is 4.43. The van der Waals surface area contributed by atoms with Crippen LogP contribution in [0.3, 0.4) is 0 Å². The van der Waals surface area contributed by atoms with Gasteiger partial charge in [0.05, 0.1) is 5.56 Å². The Bertz CT molecular complexity index is 779. The van der Waals surface area contributed by atoms with Crippen LogP contribution >= 0.6 is 0 Å². The zero-order chi connectivity index (χ0) is 19.3. The minimum atomic E-state index is -0.209. The highest BCUT2D eigenvalue weighted by Gasteiger charge is 2.20. The van der Waals surface area contributed by atoms with Crippen LogP contribution in [-0.4, -0.2) is 43.1 Å². The van der Waals surface area contributed by atoms with E-state index in [0.717, 1.165) is 50.5 Å². The smallest absolute Gasteiger partial charge is 0.253 e. The van der Waals surface area contributed by atoms with Gasteiger partial charge in [-0.2, -0.15) is 0 Å². The summed E-state index contributed by atoms with van der Waals surface area (Å²) in [6.07, 6.45) is 7.51. The van der Waals surface area contributed by atoms with Gasteiger partial charge in [-0.05, 0) is 49.2 Å². The summed E-state index contributed by atoms with van der Waals surface area (Å²) >= 11 is 0.